The van der Waals surface area contributed by atoms with Crippen LogP contribution in [0.4, 0.5) is 0 Å². The molecule has 0 saturated heterocycles. The molecular formula is C17H33N. The molecule has 18 heavy (non-hydrogen) atoms. The van der Waals surface area contributed by atoms with E-state index in [9.17, 15) is 0 Å². The Balaban J connectivity index is 1.85. The lowest BCUT2D eigenvalue weighted by Gasteiger charge is -2.37. The summed E-state index contributed by atoms with van der Waals surface area (Å²) in [5, 5.41) is 0. The van der Waals surface area contributed by atoms with E-state index in [0.29, 0.717) is 5.54 Å². The van der Waals surface area contributed by atoms with E-state index in [-0.39, 0.29) is 0 Å². The highest BCUT2D eigenvalue weighted by molar-refractivity contribution is 4.90. The largest absolute Gasteiger partial charge is 0.302 e. The second-order valence-corrected chi connectivity index (χ2v) is 8.07. The van der Waals surface area contributed by atoms with Crippen LogP contribution in [0.5, 0.6) is 0 Å². The van der Waals surface area contributed by atoms with E-state index in [1.54, 1.807) is 0 Å². The first-order valence-corrected chi connectivity index (χ1v) is 8.09. The van der Waals surface area contributed by atoms with Crippen molar-refractivity contribution in [2.24, 2.45) is 23.7 Å². The molecule has 2 saturated carbocycles. The van der Waals surface area contributed by atoms with Gasteiger partial charge in [0.2, 0.25) is 0 Å². The van der Waals surface area contributed by atoms with Gasteiger partial charge in [-0.2, -0.15) is 0 Å². The molecule has 1 heteroatoms. The number of nitrogens with zero attached hydrogens (tertiary/aromatic N) is 1. The summed E-state index contributed by atoms with van der Waals surface area (Å²) >= 11 is 0. The summed E-state index contributed by atoms with van der Waals surface area (Å²) in [6.45, 7) is 10.7. The van der Waals surface area contributed by atoms with Gasteiger partial charge >= 0.3 is 0 Å². The average molecular weight is 251 g/mol. The molecule has 106 valence electrons. The Morgan fingerprint density at radius 1 is 1.11 bits per heavy atom. The molecule has 0 spiro atoms. The number of rotatable bonds is 3. The van der Waals surface area contributed by atoms with Crippen LogP contribution in [-0.2, 0) is 0 Å². The van der Waals surface area contributed by atoms with Gasteiger partial charge in [0.05, 0.1) is 0 Å². The van der Waals surface area contributed by atoms with Crippen LogP contribution in [0.1, 0.15) is 66.2 Å². The SMILES string of the molecule is CC1CC2CCCC(CCN(C)C(C)(C)C)C2C1. The fourth-order valence-electron chi connectivity index (χ4n) is 4.26. The predicted octanol–water partition coefficient (Wildman–Crippen LogP) is 4.57. The van der Waals surface area contributed by atoms with Gasteiger partial charge in [-0.05, 0) is 77.3 Å². The molecule has 0 aromatic carbocycles. The highest BCUT2D eigenvalue weighted by Gasteiger charge is 2.39. The Kier molecular flexibility index (Phi) is 4.41. The van der Waals surface area contributed by atoms with Crippen LogP contribution in [0.2, 0.25) is 0 Å². The van der Waals surface area contributed by atoms with Crippen molar-refractivity contribution in [3.63, 3.8) is 0 Å². The van der Waals surface area contributed by atoms with Gasteiger partial charge in [-0.1, -0.05) is 26.2 Å². The monoisotopic (exact) mass is 251 g/mol. The van der Waals surface area contributed by atoms with Crippen molar-refractivity contribution in [3.05, 3.63) is 0 Å². The van der Waals surface area contributed by atoms with Gasteiger partial charge in [-0.3, -0.25) is 0 Å². The topological polar surface area (TPSA) is 3.24 Å². The molecule has 0 bridgehead atoms. The molecule has 0 radical (unpaired) electrons. The maximum absolute atomic E-state index is 2.54. The van der Waals surface area contributed by atoms with E-state index >= 15 is 0 Å². The van der Waals surface area contributed by atoms with Gasteiger partial charge in [0.1, 0.15) is 0 Å². The van der Waals surface area contributed by atoms with Gasteiger partial charge < -0.3 is 4.90 Å². The maximum atomic E-state index is 2.54. The second kappa shape index (κ2) is 5.53. The Hall–Kier alpha value is -0.0400. The first kappa shape index (κ1) is 14.4. The van der Waals surface area contributed by atoms with Gasteiger partial charge in [0.15, 0.2) is 0 Å². The van der Waals surface area contributed by atoms with Crippen LogP contribution >= 0.6 is 0 Å². The van der Waals surface area contributed by atoms with Crippen molar-refractivity contribution >= 4 is 0 Å². The summed E-state index contributed by atoms with van der Waals surface area (Å²) in [6.07, 6.45) is 9.01. The first-order valence-electron chi connectivity index (χ1n) is 8.09. The fraction of sp³-hybridized carbons (Fsp3) is 1.00. The number of fused-ring (bicyclic) bond motifs is 1. The van der Waals surface area contributed by atoms with E-state index in [4.69, 9.17) is 0 Å². The lowest BCUT2D eigenvalue weighted by atomic mass is 9.72. The minimum Gasteiger partial charge on any atom is -0.302 e. The molecule has 4 atom stereocenters. The summed E-state index contributed by atoms with van der Waals surface area (Å²) in [4.78, 5) is 2.54. The fourth-order valence-corrected chi connectivity index (χ4v) is 4.26. The van der Waals surface area contributed by atoms with Crippen molar-refractivity contribution in [1.29, 1.82) is 0 Å². The van der Waals surface area contributed by atoms with Gasteiger partial charge in [-0.25, -0.2) is 0 Å². The molecule has 4 unspecified atom stereocenters. The van der Waals surface area contributed by atoms with Crippen molar-refractivity contribution in [2.75, 3.05) is 13.6 Å². The third-order valence-electron chi connectivity index (χ3n) is 5.72. The normalized spacial score (nSPS) is 37.0. The van der Waals surface area contributed by atoms with Crippen LogP contribution in [0.25, 0.3) is 0 Å². The van der Waals surface area contributed by atoms with Gasteiger partial charge in [-0.15, -0.1) is 0 Å². The molecule has 0 aromatic rings. The molecular weight excluding hydrogens is 218 g/mol. The quantitative estimate of drug-likeness (QED) is 0.710. The van der Waals surface area contributed by atoms with E-state index in [0.717, 1.165) is 23.7 Å². The van der Waals surface area contributed by atoms with Crippen LogP contribution in [0.15, 0.2) is 0 Å². The first-order chi connectivity index (χ1) is 8.38. The van der Waals surface area contributed by atoms with Crippen LogP contribution < -0.4 is 0 Å². The van der Waals surface area contributed by atoms with Crippen molar-refractivity contribution < 1.29 is 0 Å². The Bertz CT molecular complexity index is 265. The molecule has 2 fully saturated rings. The Morgan fingerprint density at radius 3 is 2.50 bits per heavy atom. The Morgan fingerprint density at radius 2 is 1.83 bits per heavy atom. The van der Waals surface area contributed by atoms with Crippen molar-refractivity contribution in [2.45, 2.75) is 71.8 Å². The predicted molar refractivity (Wildman–Crippen MR) is 79.7 cm³/mol. The zero-order chi connectivity index (χ0) is 13.3. The van der Waals surface area contributed by atoms with Crippen LogP contribution in [-0.4, -0.2) is 24.0 Å². The van der Waals surface area contributed by atoms with E-state index in [2.05, 4.69) is 39.6 Å². The summed E-state index contributed by atoms with van der Waals surface area (Å²) < 4.78 is 0. The van der Waals surface area contributed by atoms with Gasteiger partial charge in [0.25, 0.3) is 0 Å². The zero-order valence-corrected chi connectivity index (χ0v) is 13.2. The number of hydrogen-bond donors (Lipinski definition) is 0. The molecule has 0 heterocycles. The van der Waals surface area contributed by atoms with E-state index in [1.165, 1.54) is 45.1 Å². The molecule has 0 N–H and O–H groups in total. The molecule has 0 aromatic heterocycles. The van der Waals surface area contributed by atoms with Gasteiger partial charge in [0, 0.05) is 5.54 Å². The third-order valence-corrected chi connectivity index (χ3v) is 5.72. The highest BCUT2D eigenvalue weighted by Crippen LogP contribution is 2.48. The molecule has 2 aliphatic rings. The average Bonchev–Trinajstić information content (AvgIpc) is 2.65. The maximum Gasteiger partial charge on any atom is 0.0122 e. The van der Waals surface area contributed by atoms with Crippen LogP contribution in [0.3, 0.4) is 0 Å². The summed E-state index contributed by atoms with van der Waals surface area (Å²) in [7, 11) is 2.29. The number of hydrogen-bond acceptors (Lipinski definition) is 1. The highest BCUT2D eigenvalue weighted by atomic mass is 15.1. The standard InChI is InChI=1S/C17H33N/c1-13-11-15-8-6-7-14(16(15)12-13)9-10-18(5)17(2,3)4/h13-16H,6-12H2,1-5H3. The molecule has 2 aliphatic carbocycles. The lowest BCUT2D eigenvalue weighted by Crippen LogP contribution is -2.40. The third kappa shape index (κ3) is 3.29. The van der Waals surface area contributed by atoms with Crippen LogP contribution in [0, 0.1) is 23.7 Å². The van der Waals surface area contributed by atoms with E-state index < -0.39 is 0 Å². The zero-order valence-electron chi connectivity index (χ0n) is 13.2. The smallest absolute Gasteiger partial charge is 0.0122 e. The Labute approximate surface area is 114 Å². The molecule has 0 aliphatic heterocycles. The summed E-state index contributed by atoms with van der Waals surface area (Å²) in [5.41, 5.74) is 0.330. The summed E-state index contributed by atoms with van der Waals surface area (Å²) in [6, 6.07) is 0. The second-order valence-electron chi connectivity index (χ2n) is 8.07. The molecule has 1 nitrogen and oxygen atoms in total. The van der Waals surface area contributed by atoms with Crippen molar-refractivity contribution in [1.82, 2.24) is 4.90 Å². The molecule has 2 rings (SSSR count). The molecule has 0 amide bonds. The van der Waals surface area contributed by atoms with E-state index in [1.807, 2.05) is 0 Å². The lowest BCUT2D eigenvalue weighted by molar-refractivity contribution is 0.122. The minimum atomic E-state index is 0.330. The summed E-state index contributed by atoms with van der Waals surface area (Å²) in [5.74, 6) is 4.18. The minimum absolute atomic E-state index is 0.330. The van der Waals surface area contributed by atoms with Crippen molar-refractivity contribution in [3.8, 4) is 0 Å².